The largest absolute Gasteiger partial charge is 0.416 e. The average molecular weight is 505 g/mol. The van der Waals surface area contributed by atoms with Crippen LogP contribution in [0.1, 0.15) is 11.1 Å². The summed E-state index contributed by atoms with van der Waals surface area (Å²) in [5.74, 6) is -0.830. The first kappa shape index (κ1) is 25.8. The van der Waals surface area contributed by atoms with Gasteiger partial charge >= 0.3 is 6.18 Å². The fourth-order valence-electron chi connectivity index (χ4n) is 3.08. The van der Waals surface area contributed by atoms with Crippen molar-refractivity contribution in [2.45, 2.75) is 11.1 Å². The van der Waals surface area contributed by atoms with Gasteiger partial charge in [0, 0.05) is 19.8 Å². The van der Waals surface area contributed by atoms with Crippen molar-refractivity contribution < 1.29 is 26.4 Å². The summed E-state index contributed by atoms with van der Waals surface area (Å²) >= 11 is 0. The van der Waals surface area contributed by atoms with E-state index in [0.29, 0.717) is 15.9 Å². The molecule has 3 aromatic rings. The predicted octanol–water partition coefficient (Wildman–Crippen LogP) is 4.12. The topological polar surface area (TPSA) is 82.1 Å². The van der Waals surface area contributed by atoms with Crippen LogP contribution in [-0.4, -0.2) is 41.2 Å². The smallest absolute Gasteiger partial charge is 0.378 e. The Morgan fingerprint density at radius 2 is 1.60 bits per heavy atom. The lowest BCUT2D eigenvalue weighted by Gasteiger charge is -2.24. The summed E-state index contributed by atoms with van der Waals surface area (Å²) in [6, 6.07) is 18.2. The molecule has 0 aliphatic carbocycles. The van der Waals surface area contributed by atoms with E-state index in [1.165, 1.54) is 36.5 Å². The second-order valence-electron chi connectivity index (χ2n) is 7.65. The highest BCUT2D eigenvalue weighted by Crippen LogP contribution is 2.33. The zero-order valence-corrected chi connectivity index (χ0v) is 19.7. The van der Waals surface area contributed by atoms with Crippen LogP contribution in [-0.2, 0) is 21.0 Å². The predicted molar refractivity (Wildman–Crippen MR) is 129 cm³/mol. The summed E-state index contributed by atoms with van der Waals surface area (Å²) in [4.78, 5) is 14.3. The van der Waals surface area contributed by atoms with E-state index < -0.39 is 34.2 Å². The summed E-state index contributed by atoms with van der Waals surface area (Å²) < 4.78 is 66.8. The molecular formula is C24H23F3N4O3S. The number of carbonyl (C=O) groups is 1. The Hall–Kier alpha value is -3.86. The van der Waals surface area contributed by atoms with Gasteiger partial charge in [0.2, 0.25) is 0 Å². The number of alkyl halides is 3. The molecule has 1 amide bonds. The molecule has 0 spiro atoms. The average Bonchev–Trinajstić information content (AvgIpc) is 2.83. The van der Waals surface area contributed by atoms with Crippen LogP contribution in [0, 0.1) is 0 Å². The molecule has 0 saturated carbocycles. The second kappa shape index (κ2) is 10.6. The number of anilines is 2. The monoisotopic (exact) mass is 504 g/mol. The Morgan fingerprint density at radius 1 is 0.943 bits per heavy atom. The zero-order valence-electron chi connectivity index (χ0n) is 18.9. The van der Waals surface area contributed by atoms with E-state index in [0.717, 1.165) is 17.8 Å². The van der Waals surface area contributed by atoms with Gasteiger partial charge in [0.1, 0.15) is 6.54 Å². The number of nitrogens with one attached hydrogen (secondary N) is 1. The number of carbonyl (C=O) groups excluding carboxylic acids is 1. The number of hydrogen-bond acceptors (Lipinski definition) is 5. The van der Waals surface area contributed by atoms with Gasteiger partial charge in [-0.05, 0) is 48.0 Å². The van der Waals surface area contributed by atoms with Gasteiger partial charge in [-0.2, -0.15) is 18.3 Å². The van der Waals surface area contributed by atoms with E-state index in [1.807, 2.05) is 31.1 Å². The third kappa shape index (κ3) is 6.60. The van der Waals surface area contributed by atoms with Crippen molar-refractivity contribution in [3.63, 3.8) is 0 Å². The molecule has 0 radical (unpaired) electrons. The van der Waals surface area contributed by atoms with Crippen molar-refractivity contribution in [1.29, 1.82) is 0 Å². The van der Waals surface area contributed by atoms with E-state index in [2.05, 4.69) is 10.5 Å². The molecule has 0 aliphatic rings. The minimum Gasteiger partial charge on any atom is -0.378 e. The van der Waals surface area contributed by atoms with Crippen molar-refractivity contribution in [1.82, 2.24) is 5.43 Å². The van der Waals surface area contributed by atoms with Crippen LogP contribution in [0.3, 0.4) is 0 Å². The lowest BCUT2D eigenvalue weighted by molar-refractivity contribution is -0.137. The molecule has 0 saturated heterocycles. The number of rotatable bonds is 8. The van der Waals surface area contributed by atoms with Crippen LogP contribution in [0.4, 0.5) is 24.5 Å². The van der Waals surface area contributed by atoms with E-state index >= 15 is 0 Å². The van der Waals surface area contributed by atoms with Crippen molar-refractivity contribution in [2.24, 2.45) is 5.10 Å². The van der Waals surface area contributed by atoms with Gasteiger partial charge in [0.05, 0.1) is 22.4 Å². The lowest BCUT2D eigenvalue weighted by atomic mass is 10.2. The number of sulfonamides is 1. The highest BCUT2D eigenvalue weighted by Gasteiger charge is 2.33. The maximum absolute atomic E-state index is 13.2. The molecule has 0 unspecified atom stereocenters. The molecule has 0 bridgehead atoms. The van der Waals surface area contributed by atoms with Crippen LogP contribution >= 0.6 is 0 Å². The third-order valence-corrected chi connectivity index (χ3v) is 6.68. The number of nitrogens with zero attached hydrogens (tertiary/aromatic N) is 3. The van der Waals surface area contributed by atoms with Crippen LogP contribution < -0.4 is 14.6 Å². The molecule has 0 heterocycles. The van der Waals surface area contributed by atoms with Crippen LogP contribution in [0.5, 0.6) is 0 Å². The normalized spacial score (nSPS) is 11.9. The number of amides is 1. The van der Waals surface area contributed by atoms with E-state index in [1.54, 1.807) is 18.2 Å². The molecule has 35 heavy (non-hydrogen) atoms. The Labute approximate surface area is 201 Å². The first-order valence-corrected chi connectivity index (χ1v) is 11.8. The summed E-state index contributed by atoms with van der Waals surface area (Å²) in [5, 5.41) is 3.83. The SMILES string of the molecule is CN(C)c1ccc(/C=N\NC(=O)CN(c2cccc(C(F)(F)F)c2)S(=O)(=O)c2ccccc2)cc1. The second-order valence-corrected chi connectivity index (χ2v) is 9.51. The summed E-state index contributed by atoms with van der Waals surface area (Å²) in [7, 11) is -0.569. The highest BCUT2D eigenvalue weighted by molar-refractivity contribution is 7.92. The number of benzene rings is 3. The van der Waals surface area contributed by atoms with E-state index in [9.17, 15) is 26.4 Å². The van der Waals surface area contributed by atoms with Crippen molar-refractivity contribution >= 4 is 33.5 Å². The van der Waals surface area contributed by atoms with Gasteiger partial charge in [-0.25, -0.2) is 13.8 Å². The molecule has 0 atom stereocenters. The maximum atomic E-state index is 13.2. The van der Waals surface area contributed by atoms with Gasteiger partial charge in [0.15, 0.2) is 0 Å². The van der Waals surface area contributed by atoms with Gasteiger partial charge in [-0.15, -0.1) is 0 Å². The standard InChI is InChI=1S/C24H23F3N4O3S/c1-30(2)20-13-11-18(12-14-20)16-28-29-23(32)17-31(35(33,34)22-9-4-3-5-10-22)21-8-6-7-19(15-21)24(25,26)27/h3-16H,17H2,1-2H3,(H,29,32)/b28-16-. The Balaban J connectivity index is 1.85. The summed E-state index contributed by atoms with van der Waals surface area (Å²) in [5.41, 5.74) is 2.54. The third-order valence-electron chi connectivity index (χ3n) is 4.89. The molecule has 3 rings (SSSR count). The summed E-state index contributed by atoms with van der Waals surface area (Å²) in [6.07, 6.45) is -3.31. The Kier molecular flexibility index (Phi) is 7.80. The van der Waals surface area contributed by atoms with Crippen molar-refractivity contribution in [3.8, 4) is 0 Å². The Morgan fingerprint density at radius 3 is 2.20 bits per heavy atom. The number of hydrazone groups is 1. The molecule has 11 heteroatoms. The molecule has 0 fully saturated rings. The van der Waals surface area contributed by atoms with Crippen LogP contribution in [0.15, 0.2) is 88.9 Å². The number of halogens is 3. The van der Waals surface area contributed by atoms with Gasteiger partial charge < -0.3 is 4.90 Å². The first-order chi connectivity index (χ1) is 16.5. The Bertz CT molecular complexity index is 1290. The quantitative estimate of drug-likeness (QED) is 0.370. The molecule has 0 aromatic heterocycles. The van der Waals surface area contributed by atoms with Crippen LogP contribution in [0.2, 0.25) is 0 Å². The van der Waals surface area contributed by atoms with Gasteiger partial charge in [-0.3, -0.25) is 9.10 Å². The molecular weight excluding hydrogens is 481 g/mol. The summed E-state index contributed by atoms with van der Waals surface area (Å²) in [6.45, 7) is -0.782. The molecule has 7 nitrogen and oxygen atoms in total. The van der Waals surface area contributed by atoms with Crippen LogP contribution in [0.25, 0.3) is 0 Å². The minimum atomic E-state index is -4.69. The molecule has 3 aromatic carbocycles. The lowest BCUT2D eigenvalue weighted by Crippen LogP contribution is -2.39. The van der Waals surface area contributed by atoms with Crippen molar-refractivity contribution in [3.05, 3.63) is 90.0 Å². The molecule has 1 N–H and O–H groups in total. The number of hydrogen-bond donors (Lipinski definition) is 1. The van der Waals surface area contributed by atoms with E-state index in [-0.39, 0.29) is 10.6 Å². The molecule has 0 aliphatic heterocycles. The van der Waals surface area contributed by atoms with Crippen molar-refractivity contribution in [2.75, 3.05) is 29.8 Å². The zero-order chi connectivity index (χ0) is 25.6. The highest BCUT2D eigenvalue weighted by atomic mass is 32.2. The maximum Gasteiger partial charge on any atom is 0.416 e. The fraction of sp³-hybridized carbons (Fsp3) is 0.167. The fourth-order valence-corrected chi connectivity index (χ4v) is 4.51. The van der Waals surface area contributed by atoms with Gasteiger partial charge in [-0.1, -0.05) is 36.4 Å². The van der Waals surface area contributed by atoms with E-state index in [4.69, 9.17) is 0 Å². The molecule has 184 valence electrons. The minimum absolute atomic E-state index is 0.172. The first-order valence-electron chi connectivity index (χ1n) is 10.3. The van der Waals surface area contributed by atoms with Gasteiger partial charge in [0.25, 0.3) is 15.9 Å².